The Morgan fingerprint density at radius 3 is 1.39 bits per heavy atom. The van der Waals surface area contributed by atoms with E-state index in [4.69, 9.17) is 13.3 Å². The minimum atomic E-state index is -2.46. The third-order valence-electron chi connectivity index (χ3n) is 6.94. The Kier molecular flexibility index (Phi) is 20.8. The van der Waals surface area contributed by atoms with Crippen LogP contribution in [-0.2, 0) is 13.3 Å². The third-order valence-corrected chi connectivity index (χ3v) is 10.0. The molecule has 0 aromatic rings. The lowest BCUT2D eigenvalue weighted by molar-refractivity contribution is 0.117. The van der Waals surface area contributed by atoms with Gasteiger partial charge in [0.1, 0.15) is 0 Å². The van der Waals surface area contributed by atoms with E-state index in [0.717, 1.165) is 6.04 Å². The summed E-state index contributed by atoms with van der Waals surface area (Å²) in [5, 5.41) is 0. The van der Waals surface area contributed by atoms with Gasteiger partial charge in [-0.15, -0.1) is 0 Å². The van der Waals surface area contributed by atoms with Gasteiger partial charge >= 0.3 is 8.80 Å². The zero-order valence-electron chi connectivity index (χ0n) is 22.4. The van der Waals surface area contributed by atoms with E-state index in [0.29, 0.717) is 11.8 Å². The van der Waals surface area contributed by atoms with Crippen LogP contribution in [0.15, 0.2) is 0 Å². The fraction of sp³-hybridized carbons (Fsp3) is 0.963. The highest BCUT2D eigenvalue weighted by molar-refractivity contribution is 6.60. The maximum absolute atomic E-state index is 5.62. The Balaban J connectivity index is 3.80. The molecular formula is C27H57O3Si. The van der Waals surface area contributed by atoms with Crippen LogP contribution in [0.1, 0.15) is 130 Å². The highest BCUT2D eigenvalue weighted by atomic mass is 28.4. The quantitative estimate of drug-likeness (QED) is 0.113. The highest BCUT2D eigenvalue weighted by Crippen LogP contribution is 2.31. The predicted octanol–water partition coefficient (Wildman–Crippen LogP) is 8.99. The molecule has 4 heteroatoms. The summed E-state index contributed by atoms with van der Waals surface area (Å²) in [6.45, 7) is 9.21. The maximum Gasteiger partial charge on any atom is 0.500 e. The molecule has 0 rings (SSSR count). The SMILES string of the molecule is CCCCCCCCCCCCCCCCC(CC(C)C[Si](OC)(OC)OC)[C](C)C. The van der Waals surface area contributed by atoms with Crippen molar-refractivity contribution < 1.29 is 13.3 Å². The molecule has 3 nitrogen and oxygen atoms in total. The summed E-state index contributed by atoms with van der Waals surface area (Å²) in [7, 11) is 2.69. The van der Waals surface area contributed by atoms with Crippen LogP contribution in [0.25, 0.3) is 0 Å². The van der Waals surface area contributed by atoms with Crippen LogP contribution < -0.4 is 0 Å². The first kappa shape index (κ1) is 31.1. The summed E-state index contributed by atoms with van der Waals surface area (Å²) in [5.74, 6) is 2.84. The van der Waals surface area contributed by atoms with Crippen LogP contribution in [0, 0.1) is 17.8 Å². The molecule has 0 bridgehead atoms. The van der Waals surface area contributed by atoms with E-state index >= 15 is 0 Å². The molecule has 0 aromatic heterocycles. The normalized spacial score (nSPS) is 14.3. The molecule has 0 amide bonds. The van der Waals surface area contributed by atoms with Crippen molar-refractivity contribution in [3.63, 3.8) is 0 Å². The van der Waals surface area contributed by atoms with Crippen molar-refractivity contribution in [3.8, 4) is 0 Å². The summed E-state index contributed by atoms with van der Waals surface area (Å²) < 4.78 is 16.9. The summed E-state index contributed by atoms with van der Waals surface area (Å²) >= 11 is 0. The van der Waals surface area contributed by atoms with Crippen molar-refractivity contribution >= 4 is 8.80 Å². The van der Waals surface area contributed by atoms with Crippen molar-refractivity contribution in [2.45, 2.75) is 136 Å². The van der Waals surface area contributed by atoms with Crippen molar-refractivity contribution in [3.05, 3.63) is 5.92 Å². The zero-order chi connectivity index (χ0) is 23.4. The van der Waals surface area contributed by atoms with Gasteiger partial charge in [-0.2, -0.15) is 0 Å². The molecule has 1 radical (unpaired) electrons. The van der Waals surface area contributed by atoms with Gasteiger partial charge in [0.25, 0.3) is 0 Å². The lowest BCUT2D eigenvalue weighted by Crippen LogP contribution is -2.44. The first-order valence-electron chi connectivity index (χ1n) is 13.4. The van der Waals surface area contributed by atoms with E-state index in [1.807, 2.05) is 0 Å². The molecule has 0 aliphatic carbocycles. The lowest BCUT2D eigenvalue weighted by atomic mass is 9.83. The molecule has 0 spiro atoms. The van der Waals surface area contributed by atoms with E-state index < -0.39 is 8.80 Å². The van der Waals surface area contributed by atoms with Gasteiger partial charge in [0.2, 0.25) is 0 Å². The Morgan fingerprint density at radius 2 is 1.03 bits per heavy atom. The number of rotatable bonds is 23. The first-order chi connectivity index (χ1) is 14.9. The van der Waals surface area contributed by atoms with E-state index in [9.17, 15) is 0 Å². The average Bonchev–Trinajstić information content (AvgIpc) is 2.76. The number of unbranched alkanes of at least 4 members (excludes halogenated alkanes) is 13. The molecule has 187 valence electrons. The molecule has 0 aromatic carbocycles. The van der Waals surface area contributed by atoms with Crippen molar-refractivity contribution in [2.75, 3.05) is 21.3 Å². The van der Waals surface area contributed by atoms with Crippen LogP contribution in [0.5, 0.6) is 0 Å². The molecule has 2 unspecified atom stereocenters. The smallest absolute Gasteiger partial charge is 0.377 e. The van der Waals surface area contributed by atoms with E-state index in [-0.39, 0.29) is 0 Å². The topological polar surface area (TPSA) is 27.7 Å². The van der Waals surface area contributed by atoms with Gasteiger partial charge in [-0.25, -0.2) is 0 Å². The first-order valence-corrected chi connectivity index (χ1v) is 15.3. The highest BCUT2D eigenvalue weighted by Gasteiger charge is 2.39. The molecule has 0 fully saturated rings. The van der Waals surface area contributed by atoms with Crippen LogP contribution in [0.2, 0.25) is 6.04 Å². The van der Waals surface area contributed by atoms with Gasteiger partial charge in [-0.05, 0) is 30.6 Å². The standard InChI is InChI=1S/C27H57O3Si/c1-8-9-10-11-12-13-14-15-16-17-18-19-20-21-22-27(25(2)3)23-26(4)24-31(28-5,29-6)30-7/h26-27H,8-24H2,1-7H3. The molecule has 0 aliphatic rings. The fourth-order valence-electron chi connectivity index (χ4n) is 4.72. The Morgan fingerprint density at radius 1 is 0.645 bits per heavy atom. The fourth-order valence-corrected chi connectivity index (χ4v) is 6.74. The van der Waals surface area contributed by atoms with Gasteiger partial charge in [0.15, 0.2) is 0 Å². The Bertz CT molecular complexity index is 363. The van der Waals surface area contributed by atoms with Gasteiger partial charge in [-0.1, -0.05) is 118 Å². The van der Waals surface area contributed by atoms with E-state index in [1.54, 1.807) is 27.2 Å². The number of hydrogen-bond acceptors (Lipinski definition) is 3. The lowest BCUT2D eigenvalue weighted by Gasteiger charge is -2.30. The van der Waals surface area contributed by atoms with Crippen molar-refractivity contribution in [1.82, 2.24) is 0 Å². The van der Waals surface area contributed by atoms with Crippen LogP contribution in [-0.4, -0.2) is 30.1 Å². The second-order valence-electron chi connectivity index (χ2n) is 10.00. The monoisotopic (exact) mass is 457 g/mol. The second kappa shape index (κ2) is 20.7. The third kappa shape index (κ3) is 16.4. The second-order valence-corrected chi connectivity index (χ2v) is 13.0. The van der Waals surface area contributed by atoms with Gasteiger partial charge < -0.3 is 13.3 Å². The average molecular weight is 458 g/mol. The summed E-state index contributed by atoms with van der Waals surface area (Å²) in [6.07, 6.45) is 22.5. The largest absolute Gasteiger partial charge is 0.500 e. The summed E-state index contributed by atoms with van der Waals surface area (Å²) in [5.41, 5.74) is 0. The van der Waals surface area contributed by atoms with Gasteiger partial charge in [0.05, 0.1) is 0 Å². The van der Waals surface area contributed by atoms with Gasteiger partial charge in [0, 0.05) is 27.4 Å². The predicted molar refractivity (Wildman–Crippen MR) is 138 cm³/mol. The van der Waals surface area contributed by atoms with E-state index in [2.05, 4.69) is 27.7 Å². The number of hydrogen-bond donors (Lipinski definition) is 0. The minimum Gasteiger partial charge on any atom is -0.377 e. The summed E-state index contributed by atoms with van der Waals surface area (Å²) in [6, 6.07) is 0.902. The molecule has 31 heavy (non-hydrogen) atoms. The van der Waals surface area contributed by atoms with E-state index in [1.165, 1.54) is 103 Å². The maximum atomic E-state index is 5.62. The van der Waals surface area contributed by atoms with Crippen LogP contribution in [0.4, 0.5) is 0 Å². The minimum absolute atomic E-state index is 0.554. The van der Waals surface area contributed by atoms with Crippen LogP contribution >= 0.6 is 0 Å². The Labute approximate surface area is 197 Å². The molecule has 0 saturated carbocycles. The van der Waals surface area contributed by atoms with Gasteiger partial charge in [-0.3, -0.25) is 0 Å². The zero-order valence-corrected chi connectivity index (χ0v) is 23.4. The molecular weight excluding hydrogens is 400 g/mol. The van der Waals surface area contributed by atoms with Crippen molar-refractivity contribution in [1.29, 1.82) is 0 Å². The molecule has 2 atom stereocenters. The Hall–Kier alpha value is 0.0969. The van der Waals surface area contributed by atoms with Crippen LogP contribution in [0.3, 0.4) is 0 Å². The molecule has 0 aliphatic heterocycles. The van der Waals surface area contributed by atoms with Crippen molar-refractivity contribution in [2.24, 2.45) is 11.8 Å². The molecule has 0 N–H and O–H groups in total. The molecule has 0 saturated heterocycles. The molecule has 0 heterocycles. The summed E-state index contributed by atoms with van der Waals surface area (Å²) in [4.78, 5) is 0.